The first-order valence-electron chi connectivity index (χ1n) is 15.0. The average Bonchev–Trinajstić information content (AvgIpc) is 3.34. The second kappa shape index (κ2) is 15.3. The fourth-order valence-electron chi connectivity index (χ4n) is 6.01. The Labute approximate surface area is 275 Å². The van der Waals surface area contributed by atoms with E-state index in [-0.39, 0.29) is 12.5 Å². The van der Waals surface area contributed by atoms with E-state index in [9.17, 15) is 33.9 Å². The molecule has 258 valence electrons. The number of methoxy groups -OCH3 is 1. The molecule has 1 fully saturated rings. The van der Waals surface area contributed by atoms with Crippen LogP contribution in [0, 0.1) is 0 Å². The Morgan fingerprint density at radius 1 is 0.854 bits per heavy atom. The number of hydrogen-bond donors (Lipinski definition) is 2. The van der Waals surface area contributed by atoms with Gasteiger partial charge in [-0.15, -0.1) is 0 Å². The number of carboxylic acids is 1. The van der Waals surface area contributed by atoms with Gasteiger partial charge in [-0.05, 0) is 22.3 Å². The number of aliphatic carboxylic acids is 1. The Morgan fingerprint density at radius 3 is 1.94 bits per heavy atom. The van der Waals surface area contributed by atoms with Crippen molar-refractivity contribution < 1.29 is 67.0 Å². The summed E-state index contributed by atoms with van der Waals surface area (Å²) in [7, 11) is 1.03. The number of fused-ring (bicyclic) bond motifs is 3. The minimum Gasteiger partial charge on any atom is -0.477 e. The number of benzene rings is 2. The summed E-state index contributed by atoms with van der Waals surface area (Å²) in [6.45, 7) is 3.44. The Balaban J connectivity index is 1.70. The van der Waals surface area contributed by atoms with Crippen molar-refractivity contribution in [3.05, 3.63) is 59.7 Å². The lowest BCUT2D eigenvalue weighted by molar-refractivity contribution is -0.306. The van der Waals surface area contributed by atoms with Crippen LogP contribution in [0.25, 0.3) is 11.1 Å². The summed E-state index contributed by atoms with van der Waals surface area (Å²) >= 11 is 0. The number of nitrogens with one attached hydrogen (secondary N) is 1. The van der Waals surface area contributed by atoms with Crippen LogP contribution in [0.3, 0.4) is 0 Å². The van der Waals surface area contributed by atoms with Crippen LogP contribution >= 0.6 is 0 Å². The molecule has 0 bridgehead atoms. The number of hydrogen-bond acceptors (Lipinski definition) is 13. The summed E-state index contributed by atoms with van der Waals surface area (Å²) in [6, 6.07) is 13.9. The van der Waals surface area contributed by atoms with Crippen molar-refractivity contribution >= 4 is 35.9 Å². The van der Waals surface area contributed by atoms with Gasteiger partial charge in [-0.3, -0.25) is 19.2 Å². The summed E-state index contributed by atoms with van der Waals surface area (Å²) in [5.41, 5.74) is 3.88. The molecule has 0 unspecified atom stereocenters. The maximum Gasteiger partial charge on any atom is 0.407 e. The van der Waals surface area contributed by atoms with Gasteiger partial charge in [0.05, 0.1) is 12.5 Å². The number of alkyl carbamates (subject to hydrolysis) is 1. The van der Waals surface area contributed by atoms with E-state index in [1.165, 1.54) is 0 Å². The molecule has 2 aromatic rings. The quantitative estimate of drug-likeness (QED) is 0.246. The Hall–Kier alpha value is -5.02. The third kappa shape index (κ3) is 8.09. The second-order valence-corrected chi connectivity index (χ2v) is 11.2. The van der Waals surface area contributed by atoms with Crippen molar-refractivity contribution in [1.82, 2.24) is 5.32 Å². The van der Waals surface area contributed by atoms with Crippen molar-refractivity contribution in [2.75, 3.05) is 20.3 Å². The van der Waals surface area contributed by atoms with Gasteiger partial charge >= 0.3 is 35.9 Å². The minimum absolute atomic E-state index is 0.108. The number of rotatable bonds is 12. The molecule has 2 aliphatic rings. The number of amides is 1. The number of carboxylic acid groups (broad SMARTS) is 1. The van der Waals surface area contributed by atoms with E-state index >= 15 is 0 Å². The summed E-state index contributed by atoms with van der Waals surface area (Å²) in [4.78, 5) is 74.4. The molecule has 2 N–H and O–H groups in total. The van der Waals surface area contributed by atoms with Crippen molar-refractivity contribution in [3.63, 3.8) is 0 Å². The molecular weight excluding hydrogens is 634 g/mol. The van der Waals surface area contributed by atoms with Gasteiger partial charge in [-0.2, -0.15) is 0 Å². The molecule has 48 heavy (non-hydrogen) atoms. The van der Waals surface area contributed by atoms with Crippen LogP contribution < -0.4 is 5.32 Å². The lowest BCUT2D eigenvalue weighted by atomic mass is 9.88. The summed E-state index contributed by atoms with van der Waals surface area (Å²) in [5.74, 6) is -7.89. The monoisotopic (exact) mass is 671 g/mol. The molecule has 15 nitrogen and oxygen atoms in total. The largest absolute Gasteiger partial charge is 0.477 e. The third-order valence-electron chi connectivity index (χ3n) is 7.91. The van der Waals surface area contributed by atoms with Gasteiger partial charge < -0.3 is 43.6 Å². The van der Waals surface area contributed by atoms with Crippen LogP contribution in [0.4, 0.5) is 4.79 Å². The molecule has 1 aliphatic carbocycles. The van der Waals surface area contributed by atoms with Crippen LogP contribution in [0.15, 0.2) is 48.5 Å². The molecule has 1 amide bonds. The Kier molecular flexibility index (Phi) is 11.4. The first kappa shape index (κ1) is 35.8. The molecule has 0 spiro atoms. The minimum atomic E-state index is -2.50. The molecule has 4 rings (SSSR count). The fourth-order valence-corrected chi connectivity index (χ4v) is 6.01. The Morgan fingerprint density at radius 2 is 1.44 bits per heavy atom. The lowest BCUT2D eigenvalue weighted by Crippen LogP contribution is -2.69. The fraction of sp³-hybridized carbons (Fsp3) is 0.455. The predicted molar refractivity (Wildman–Crippen MR) is 162 cm³/mol. The highest BCUT2D eigenvalue weighted by Crippen LogP contribution is 2.44. The third-order valence-corrected chi connectivity index (χ3v) is 7.91. The highest BCUT2D eigenvalue weighted by Gasteiger charge is 2.58. The molecular formula is C33H37NO14. The van der Waals surface area contributed by atoms with Gasteiger partial charge in [0, 0.05) is 40.7 Å². The first-order valence-corrected chi connectivity index (χ1v) is 15.0. The van der Waals surface area contributed by atoms with Crippen LogP contribution in [0.5, 0.6) is 0 Å². The molecule has 2 aromatic carbocycles. The maximum absolute atomic E-state index is 13.5. The van der Waals surface area contributed by atoms with Gasteiger partial charge in [0.1, 0.15) is 25.4 Å². The SMILES string of the molecule is CO[C@@]1(C(=O)O)C[C@H](OC(C)=O)[C@@H](NC(=O)OCC2c3ccccc3-c3ccccc32)[C@H]([C@H](OC(C)=O)[C@@H](COC(C)=O)OC(C)=O)O1. The normalized spacial score (nSPS) is 22.6. The average molecular weight is 672 g/mol. The smallest absolute Gasteiger partial charge is 0.407 e. The maximum atomic E-state index is 13.5. The first-order chi connectivity index (χ1) is 22.8. The molecule has 1 saturated heterocycles. The van der Waals surface area contributed by atoms with E-state index in [2.05, 4.69) is 5.32 Å². The van der Waals surface area contributed by atoms with Crippen molar-refractivity contribution in [1.29, 1.82) is 0 Å². The number of ether oxygens (including phenoxy) is 7. The molecule has 0 aromatic heterocycles. The molecule has 1 heterocycles. The number of carbonyl (C=O) groups is 6. The van der Waals surface area contributed by atoms with E-state index in [4.69, 9.17) is 33.2 Å². The van der Waals surface area contributed by atoms with Gasteiger partial charge in [0.15, 0.2) is 12.2 Å². The van der Waals surface area contributed by atoms with E-state index in [1.807, 2.05) is 48.5 Å². The summed E-state index contributed by atoms with van der Waals surface area (Å²) in [6.07, 6.45) is -8.18. The van der Waals surface area contributed by atoms with Crippen LogP contribution in [-0.2, 0) is 57.1 Å². The number of carbonyl (C=O) groups excluding carboxylic acids is 5. The Bertz CT molecular complexity index is 1510. The van der Waals surface area contributed by atoms with Gasteiger partial charge in [0.25, 0.3) is 5.79 Å². The molecule has 0 saturated carbocycles. The van der Waals surface area contributed by atoms with E-state index in [0.717, 1.165) is 57.1 Å². The summed E-state index contributed by atoms with van der Waals surface area (Å²) in [5, 5.41) is 12.7. The van der Waals surface area contributed by atoms with Gasteiger partial charge in [0.2, 0.25) is 0 Å². The zero-order valence-electron chi connectivity index (χ0n) is 27.0. The second-order valence-electron chi connectivity index (χ2n) is 11.2. The highest BCUT2D eigenvalue weighted by molar-refractivity contribution is 5.79. The standard InChI is InChI=1S/C33H37NO14/c1-17(35)43-16-27(46-19(3)37)29(47-20(4)38)30-28(26(45-18(2)36)14-33(42-5,48-30)31(39)40)34-32(41)44-15-25-23-12-8-6-10-21(23)22-11-7-9-13-24(22)25/h6-13,25-30H,14-16H2,1-5H3,(H,34,41)(H,39,40)/t26-,27+,28+,29+,30+,33-/m0/s1. The molecule has 0 radical (unpaired) electrons. The predicted octanol–water partition coefficient (Wildman–Crippen LogP) is 2.47. The van der Waals surface area contributed by atoms with Crippen LogP contribution in [0.1, 0.15) is 51.2 Å². The molecule has 15 heteroatoms. The number of esters is 4. The zero-order valence-corrected chi connectivity index (χ0v) is 27.0. The highest BCUT2D eigenvalue weighted by atomic mass is 16.7. The molecule has 1 aliphatic heterocycles. The van der Waals surface area contributed by atoms with E-state index < -0.39 is 85.2 Å². The lowest BCUT2D eigenvalue weighted by Gasteiger charge is -2.47. The van der Waals surface area contributed by atoms with E-state index in [1.54, 1.807) is 0 Å². The van der Waals surface area contributed by atoms with Gasteiger partial charge in [-0.1, -0.05) is 48.5 Å². The van der Waals surface area contributed by atoms with Crippen LogP contribution in [-0.4, -0.2) is 97.6 Å². The van der Waals surface area contributed by atoms with Gasteiger partial charge in [-0.25, -0.2) is 9.59 Å². The van der Waals surface area contributed by atoms with E-state index in [0.29, 0.717) is 0 Å². The van der Waals surface area contributed by atoms with Crippen LogP contribution in [0.2, 0.25) is 0 Å². The topological polar surface area (TPSA) is 199 Å². The van der Waals surface area contributed by atoms with Crippen molar-refractivity contribution in [3.8, 4) is 11.1 Å². The van der Waals surface area contributed by atoms with Crippen molar-refractivity contribution in [2.45, 2.75) is 76.3 Å². The summed E-state index contributed by atoms with van der Waals surface area (Å²) < 4.78 is 38.1. The molecule has 6 atom stereocenters. The van der Waals surface area contributed by atoms with Crippen molar-refractivity contribution in [2.24, 2.45) is 0 Å². The zero-order chi connectivity index (χ0) is 35.2.